The minimum absolute atomic E-state index is 0.0218. The molecule has 0 aliphatic heterocycles. The number of aryl methyl sites for hydroxylation is 3. The molecule has 136 valence electrons. The fourth-order valence-electron chi connectivity index (χ4n) is 3.07. The molecule has 0 radical (unpaired) electrons. The Morgan fingerprint density at radius 2 is 2.12 bits per heavy atom. The lowest BCUT2D eigenvalue weighted by atomic mass is 10.1. The Kier molecular flexibility index (Phi) is 5.16. The molecule has 7 nitrogen and oxygen atoms in total. The zero-order chi connectivity index (χ0) is 18.7. The maximum absolute atomic E-state index is 12.3. The summed E-state index contributed by atoms with van der Waals surface area (Å²) < 4.78 is 7.04. The van der Waals surface area contributed by atoms with Crippen LogP contribution in [0, 0.1) is 20.8 Å². The van der Waals surface area contributed by atoms with Crippen LogP contribution in [-0.4, -0.2) is 32.6 Å². The van der Waals surface area contributed by atoms with Gasteiger partial charge in [0.2, 0.25) is 11.8 Å². The van der Waals surface area contributed by atoms with Crippen LogP contribution in [0.3, 0.4) is 0 Å². The van der Waals surface area contributed by atoms with Crippen molar-refractivity contribution in [1.29, 1.82) is 0 Å². The number of fused-ring (bicyclic) bond motifs is 1. The highest BCUT2D eigenvalue weighted by atomic mass is 16.5. The second-order valence-corrected chi connectivity index (χ2v) is 6.27. The van der Waals surface area contributed by atoms with E-state index < -0.39 is 0 Å². The van der Waals surface area contributed by atoms with Gasteiger partial charge in [0, 0.05) is 42.2 Å². The van der Waals surface area contributed by atoms with E-state index >= 15 is 0 Å². The van der Waals surface area contributed by atoms with Crippen molar-refractivity contribution in [3.8, 4) is 5.88 Å². The highest BCUT2D eigenvalue weighted by Gasteiger charge is 2.13. The van der Waals surface area contributed by atoms with Gasteiger partial charge in [0.25, 0.3) is 0 Å². The Labute approximate surface area is 152 Å². The molecule has 1 amide bonds. The summed E-state index contributed by atoms with van der Waals surface area (Å²) >= 11 is 0. The SMILES string of the molecule is COc1ncccc1CNC(=O)CCc1c(C)nc2cc(C)nn2c1C. The molecular formula is C19H23N5O2. The lowest BCUT2D eigenvalue weighted by molar-refractivity contribution is -0.121. The summed E-state index contributed by atoms with van der Waals surface area (Å²) in [4.78, 5) is 21.0. The number of nitrogens with zero attached hydrogens (tertiary/aromatic N) is 4. The van der Waals surface area contributed by atoms with E-state index in [1.807, 2.05) is 43.5 Å². The molecule has 3 rings (SSSR count). The maximum atomic E-state index is 12.3. The quantitative estimate of drug-likeness (QED) is 0.735. The smallest absolute Gasteiger partial charge is 0.220 e. The second kappa shape index (κ2) is 7.51. The first-order valence-corrected chi connectivity index (χ1v) is 8.56. The van der Waals surface area contributed by atoms with Crippen LogP contribution in [0.25, 0.3) is 5.65 Å². The molecule has 0 fully saturated rings. The first-order valence-electron chi connectivity index (χ1n) is 8.56. The molecule has 0 atom stereocenters. The molecule has 0 unspecified atom stereocenters. The van der Waals surface area contributed by atoms with Crippen LogP contribution in [0.15, 0.2) is 24.4 Å². The average Bonchev–Trinajstić information content (AvgIpc) is 3.00. The van der Waals surface area contributed by atoms with Gasteiger partial charge in [-0.15, -0.1) is 0 Å². The summed E-state index contributed by atoms with van der Waals surface area (Å²) in [5.41, 5.74) is 5.66. The van der Waals surface area contributed by atoms with Crippen molar-refractivity contribution in [2.75, 3.05) is 7.11 Å². The molecule has 0 aliphatic carbocycles. The minimum Gasteiger partial charge on any atom is -0.481 e. The molecule has 0 saturated heterocycles. The van der Waals surface area contributed by atoms with Gasteiger partial charge >= 0.3 is 0 Å². The Morgan fingerprint density at radius 1 is 1.31 bits per heavy atom. The molecule has 0 saturated carbocycles. The largest absolute Gasteiger partial charge is 0.481 e. The van der Waals surface area contributed by atoms with Crippen LogP contribution in [0.5, 0.6) is 5.88 Å². The number of methoxy groups -OCH3 is 1. The van der Waals surface area contributed by atoms with Gasteiger partial charge in [-0.05, 0) is 38.8 Å². The van der Waals surface area contributed by atoms with E-state index in [9.17, 15) is 4.79 Å². The first kappa shape index (κ1) is 17.8. The van der Waals surface area contributed by atoms with Gasteiger partial charge in [-0.2, -0.15) is 5.10 Å². The average molecular weight is 353 g/mol. The van der Waals surface area contributed by atoms with Crippen molar-refractivity contribution >= 4 is 11.6 Å². The van der Waals surface area contributed by atoms with Crippen molar-refractivity contribution in [2.24, 2.45) is 0 Å². The third kappa shape index (κ3) is 3.66. The molecule has 3 aromatic rings. The second-order valence-electron chi connectivity index (χ2n) is 6.27. The zero-order valence-electron chi connectivity index (χ0n) is 15.5. The molecule has 1 N–H and O–H groups in total. The van der Waals surface area contributed by atoms with Crippen molar-refractivity contribution in [3.63, 3.8) is 0 Å². The molecule has 3 aromatic heterocycles. The van der Waals surface area contributed by atoms with E-state index in [2.05, 4.69) is 20.4 Å². The van der Waals surface area contributed by atoms with Crippen LogP contribution >= 0.6 is 0 Å². The molecule has 0 spiro atoms. The summed E-state index contributed by atoms with van der Waals surface area (Å²) in [6.45, 7) is 6.33. The summed E-state index contributed by atoms with van der Waals surface area (Å²) in [5.74, 6) is 0.509. The first-order chi connectivity index (χ1) is 12.5. The third-order valence-electron chi connectivity index (χ3n) is 4.41. The van der Waals surface area contributed by atoms with Crippen LogP contribution in [0.4, 0.5) is 0 Å². The summed E-state index contributed by atoms with van der Waals surface area (Å²) in [5, 5.41) is 7.39. The number of carbonyl (C=O) groups excluding carboxylic acids is 1. The van der Waals surface area contributed by atoms with Crippen LogP contribution < -0.4 is 10.1 Å². The van der Waals surface area contributed by atoms with Gasteiger partial charge in [-0.25, -0.2) is 14.5 Å². The Morgan fingerprint density at radius 3 is 2.88 bits per heavy atom. The number of amides is 1. The monoisotopic (exact) mass is 353 g/mol. The van der Waals surface area contributed by atoms with E-state index in [0.29, 0.717) is 25.3 Å². The predicted octanol–water partition coefficient (Wildman–Crippen LogP) is 2.31. The van der Waals surface area contributed by atoms with Gasteiger partial charge in [0.05, 0.1) is 12.8 Å². The van der Waals surface area contributed by atoms with E-state index in [0.717, 1.165) is 33.9 Å². The molecule has 26 heavy (non-hydrogen) atoms. The number of nitrogens with one attached hydrogen (secondary N) is 1. The molecule has 0 bridgehead atoms. The van der Waals surface area contributed by atoms with Gasteiger partial charge in [-0.1, -0.05) is 6.07 Å². The number of aromatic nitrogens is 4. The molecule has 7 heteroatoms. The number of carbonyl (C=O) groups is 1. The van der Waals surface area contributed by atoms with E-state index in [1.165, 1.54) is 0 Å². The van der Waals surface area contributed by atoms with Crippen molar-refractivity contribution in [3.05, 3.63) is 52.6 Å². The summed E-state index contributed by atoms with van der Waals surface area (Å²) in [6, 6.07) is 5.67. The number of hydrogen-bond donors (Lipinski definition) is 1. The van der Waals surface area contributed by atoms with Gasteiger partial charge in [0.1, 0.15) is 0 Å². The molecular weight excluding hydrogens is 330 g/mol. The maximum Gasteiger partial charge on any atom is 0.220 e. The Balaban J connectivity index is 1.65. The predicted molar refractivity (Wildman–Crippen MR) is 98.2 cm³/mol. The minimum atomic E-state index is -0.0218. The summed E-state index contributed by atoms with van der Waals surface area (Å²) in [7, 11) is 1.57. The highest BCUT2D eigenvalue weighted by Crippen LogP contribution is 2.17. The Hall–Kier alpha value is -2.96. The van der Waals surface area contributed by atoms with Crippen LogP contribution in [0.1, 0.15) is 34.6 Å². The number of rotatable bonds is 6. The number of hydrogen-bond acceptors (Lipinski definition) is 5. The van der Waals surface area contributed by atoms with Crippen LogP contribution in [-0.2, 0) is 17.8 Å². The lowest BCUT2D eigenvalue weighted by Crippen LogP contribution is -2.23. The van der Waals surface area contributed by atoms with Crippen molar-refractivity contribution < 1.29 is 9.53 Å². The normalized spacial score (nSPS) is 10.9. The topological polar surface area (TPSA) is 81.4 Å². The molecule has 3 heterocycles. The standard InChI is InChI=1S/C19H23N5O2/c1-12-10-17-22-13(2)16(14(3)24(17)23-12)7-8-18(25)21-11-15-6-5-9-20-19(15)26-4/h5-6,9-10H,7-8,11H2,1-4H3,(H,21,25). The van der Waals surface area contributed by atoms with Crippen molar-refractivity contribution in [1.82, 2.24) is 24.9 Å². The number of pyridine rings is 1. The fraction of sp³-hybridized carbons (Fsp3) is 0.368. The van der Waals surface area contributed by atoms with E-state index in [1.54, 1.807) is 13.3 Å². The van der Waals surface area contributed by atoms with Gasteiger partial charge in [-0.3, -0.25) is 4.79 Å². The Bertz CT molecular complexity index is 948. The van der Waals surface area contributed by atoms with Crippen molar-refractivity contribution in [2.45, 2.75) is 40.2 Å². The zero-order valence-corrected chi connectivity index (χ0v) is 15.5. The number of ether oxygens (including phenoxy) is 1. The summed E-state index contributed by atoms with van der Waals surface area (Å²) in [6.07, 6.45) is 2.67. The molecule has 0 aromatic carbocycles. The lowest BCUT2D eigenvalue weighted by Gasteiger charge is -2.12. The van der Waals surface area contributed by atoms with Crippen LogP contribution in [0.2, 0.25) is 0 Å². The van der Waals surface area contributed by atoms with E-state index in [4.69, 9.17) is 4.74 Å². The van der Waals surface area contributed by atoms with E-state index in [-0.39, 0.29) is 5.91 Å². The third-order valence-corrected chi connectivity index (χ3v) is 4.41. The van der Waals surface area contributed by atoms with Gasteiger partial charge in [0.15, 0.2) is 5.65 Å². The molecule has 0 aliphatic rings. The van der Waals surface area contributed by atoms with Gasteiger partial charge < -0.3 is 10.1 Å². The fourth-order valence-corrected chi connectivity index (χ4v) is 3.07. The highest BCUT2D eigenvalue weighted by molar-refractivity contribution is 5.76.